The Bertz CT molecular complexity index is 756. The summed E-state index contributed by atoms with van der Waals surface area (Å²) in [6.45, 7) is 3.08. The van der Waals surface area contributed by atoms with E-state index < -0.39 is 0 Å². The van der Waals surface area contributed by atoms with Crippen LogP contribution in [-0.4, -0.2) is 83.5 Å². The van der Waals surface area contributed by atoms with E-state index in [1.165, 1.54) is 6.26 Å². The molecule has 2 aromatic rings. The van der Waals surface area contributed by atoms with Crippen molar-refractivity contribution in [3.8, 4) is 11.6 Å². The van der Waals surface area contributed by atoms with Gasteiger partial charge < -0.3 is 23.6 Å². The lowest BCUT2D eigenvalue weighted by atomic mass is 10.2. The standard InChI is InChI=1S/C18H25N5O4/c1-21(2)9-10-23-12-11-22(8-7-17(23)25)16(24)6-5-15-19-18(20-27-15)14-4-3-13-26-14/h3-4,13H,5-12H2,1-2H3. The average molecular weight is 375 g/mol. The number of carbonyl (C=O) groups excluding carboxylic acids is 2. The zero-order valence-corrected chi connectivity index (χ0v) is 15.8. The molecule has 146 valence electrons. The fourth-order valence-electron chi connectivity index (χ4n) is 2.91. The first-order valence-electron chi connectivity index (χ1n) is 9.09. The van der Waals surface area contributed by atoms with Gasteiger partial charge in [-0.05, 0) is 26.2 Å². The Labute approximate surface area is 157 Å². The first kappa shape index (κ1) is 19.1. The molecule has 0 bridgehead atoms. The van der Waals surface area contributed by atoms with E-state index >= 15 is 0 Å². The maximum absolute atomic E-state index is 12.5. The molecule has 0 radical (unpaired) electrons. The summed E-state index contributed by atoms with van der Waals surface area (Å²) in [5.41, 5.74) is 0. The molecule has 0 saturated carbocycles. The molecule has 3 heterocycles. The zero-order valence-electron chi connectivity index (χ0n) is 15.8. The van der Waals surface area contributed by atoms with Crippen molar-refractivity contribution in [1.82, 2.24) is 24.8 Å². The highest BCUT2D eigenvalue weighted by Crippen LogP contribution is 2.16. The molecule has 1 aliphatic rings. The number of likely N-dealkylation sites (N-methyl/N-ethyl adjacent to an activating group) is 1. The Kier molecular flexibility index (Phi) is 6.23. The second-order valence-corrected chi connectivity index (χ2v) is 6.80. The lowest BCUT2D eigenvalue weighted by molar-refractivity contribution is -0.131. The highest BCUT2D eigenvalue weighted by atomic mass is 16.5. The van der Waals surface area contributed by atoms with Gasteiger partial charge >= 0.3 is 0 Å². The van der Waals surface area contributed by atoms with Gasteiger partial charge in [0.2, 0.25) is 23.5 Å². The summed E-state index contributed by atoms with van der Waals surface area (Å²) in [5, 5.41) is 3.86. The Balaban J connectivity index is 1.49. The van der Waals surface area contributed by atoms with Gasteiger partial charge in [-0.15, -0.1) is 0 Å². The number of aromatic nitrogens is 2. The molecule has 0 aromatic carbocycles. The van der Waals surface area contributed by atoms with Crippen molar-refractivity contribution in [1.29, 1.82) is 0 Å². The van der Waals surface area contributed by atoms with E-state index in [1.54, 1.807) is 17.0 Å². The van der Waals surface area contributed by atoms with Crippen LogP contribution in [0.1, 0.15) is 18.7 Å². The number of amides is 2. The van der Waals surface area contributed by atoms with Crippen molar-refractivity contribution in [3.63, 3.8) is 0 Å². The molecule has 0 N–H and O–H groups in total. The molecule has 0 spiro atoms. The minimum absolute atomic E-state index is 0.00462. The third kappa shape index (κ3) is 5.16. The lowest BCUT2D eigenvalue weighted by Crippen LogP contribution is -2.38. The lowest BCUT2D eigenvalue weighted by Gasteiger charge is -2.23. The molecule has 1 saturated heterocycles. The summed E-state index contributed by atoms with van der Waals surface area (Å²) >= 11 is 0. The minimum Gasteiger partial charge on any atom is -0.461 e. The highest BCUT2D eigenvalue weighted by Gasteiger charge is 2.24. The molecule has 9 nitrogen and oxygen atoms in total. The van der Waals surface area contributed by atoms with Crippen LogP contribution in [0.3, 0.4) is 0 Å². The molecule has 0 atom stereocenters. The van der Waals surface area contributed by atoms with Gasteiger partial charge in [0, 0.05) is 52.0 Å². The van der Waals surface area contributed by atoms with Crippen molar-refractivity contribution in [2.75, 3.05) is 46.8 Å². The third-order valence-corrected chi connectivity index (χ3v) is 4.52. The summed E-state index contributed by atoms with van der Waals surface area (Å²) in [6.07, 6.45) is 2.53. The quantitative estimate of drug-likeness (QED) is 0.709. The highest BCUT2D eigenvalue weighted by molar-refractivity contribution is 5.80. The Morgan fingerprint density at radius 1 is 1.30 bits per heavy atom. The van der Waals surface area contributed by atoms with Crippen LogP contribution in [0, 0.1) is 0 Å². The monoisotopic (exact) mass is 375 g/mol. The molecule has 3 rings (SSSR count). The number of rotatable bonds is 7. The van der Waals surface area contributed by atoms with Gasteiger partial charge in [0.05, 0.1) is 6.26 Å². The van der Waals surface area contributed by atoms with Crippen molar-refractivity contribution < 1.29 is 18.5 Å². The van der Waals surface area contributed by atoms with Crippen LogP contribution >= 0.6 is 0 Å². The number of carbonyl (C=O) groups is 2. The van der Waals surface area contributed by atoms with E-state index in [0.717, 1.165) is 6.54 Å². The first-order chi connectivity index (χ1) is 13.0. The Hall–Kier alpha value is -2.68. The normalized spacial score (nSPS) is 15.4. The van der Waals surface area contributed by atoms with Gasteiger partial charge in [0.25, 0.3) is 0 Å². The molecule has 0 aliphatic carbocycles. The van der Waals surface area contributed by atoms with E-state index in [2.05, 4.69) is 10.1 Å². The molecule has 2 aromatic heterocycles. The molecule has 1 fully saturated rings. The summed E-state index contributed by atoms with van der Waals surface area (Å²) in [4.78, 5) is 34.6. The van der Waals surface area contributed by atoms with Gasteiger partial charge in [0.15, 0.2) is 5.76 Å². The molecular weight excluding hydrogens is 350 g/mol. The van der Waals surface area contributed by atoms with Gasteiger partial charge in [-0.1, -0.05) is 5.16 Å². The summed E-state index contributed by atoms with van der Waals surface area (Å²) in [6, 6.07) is 3.49. The maximum Gasteiger partial charge on any atom is 0.238 e. The van der Waals surface area contributed by atoms with Crippen LogP contribution in [-0.2, 0) is 16.0 Å². The second-order valence-electron chi connectivity index (χ2n) is 6.80. The van der Waals surface area contributed by atoms with Crippen molar-refractivity contribution in [2.45, 2.75) is 19.3 Å². The maximum atomic E-state index is 12.5. The van der Waals surface area contributed by atoms with E-state index in [9.17, 15) is 9.59 Å². The van der Waals surface area contributed by atoms with Crippen molar-refractivity contribution in [3.05, 3.63) is 24.3 Å². The fourth-order valence-corrected chi connectivity index (χ4v) is 2.91. The predicted octanol–water partition coefficient (Wildman–Crippen LogP) is 0.885. The van der Waals surface area contributed by atoms with Crippen LogP contribution in [0.25, 0.3) is 11.6 Å². The first-order valence-corrected chi connectivity index (χ1v) is 9.09. The van der Waals surface area contributed by atoms with E-state index in [4.69, 9.17) is 8.94 Å². The average Bonchev–Trinajstić information content (AvgIpc) is 3.29. The SMILES string of the molecule is CN(C)CCN1CCN(C(=O)CCc2nc(-c3ccco3)no2)CCC1=O. The van der Waals surface area contributed by atoms with Gasteiger partial charge in [-0.25, -0.2) is 0 Å². The molecule has 9 heteroatoms. The second kappa shape index (κ2) is 8.81. The van der Waals surface area contributed by atoms with Gasteiger partial charge in [-0.2, -0.15) is 4.98 Å². The largest absolute Gasteiger partial charge is 0.461 e. The number of hydrogen-bond acceptors (Lipinski definition) is 7. The zero-order chi connectivity index (χ0) is 19.2. The molecular formula is C18H25N5O4. The van der Waals surface area contributed by atoms with Crippen LogP contribution in [0.15, 0.2) is 27.3 Å². The van der Waals surface area contributed by atoms with Crippen LogP contribution in [0.2, 0.25) is 0 Å². The number of aryl methyl sites for hydroxylation is 1. The Morgan fingerprint density at radius 2 is 2.15 bits per heavy atom. The van der Waals surface area contributed by atoms with E-state index in [1.807, 2.05) is 23.9 Å². The molecule has 27 heavy (non-hydrogen) atoms. The number of nitrogens with zero attached hydrogens (tertiary/aromatic N) is 5. The topological polar surface area (TPSA) is 95.9 Å². The Morgan fingerprint density at radius 3 is 2.89 bits per heavy atom. The van der Waals surface area contributed by atoms with Gasteiger partial charge in [0.1, 0.15) is 0 Å². The molecule has 2 amide bonds. The minimum atomic E-state index is -0.00462. The number of furan rings is 1. The van der Waals surface area contributed by atoms with Crippen molar-refractivity contribution in [2.24, 2.45) is 0 Å². The van der Waals surface area contributed by atoms with Crippen LogP contribution in [0.4, 0.5) is 0 Å². The van der Waals surface area contributed by atoms with E-state index in [0.29, 0.717) is 56.5 Å². The summed E-state index contributed by atoms with van der Waals surface area (Å²) < 4.78 is 10.4. The van der Waals surface area contributed by atoms with E-state index in [-0.39, 0.29) is 18.2 Å². The summed E-state index contributed by atoms with van der Waals surface area (Å²) in [7, 11) is 3.96. The van der Waals surface area contributed by atoms with Crippen LogP contribution in [0.5, 0.6) is 0 Å². The van der Waals surface area contributed by atoms with Crippen LogP contribution < -0.4 is 0 Å². The fraction of sp³-hybridized carbons (Fsp3) is 0.556. The molecule has 0 unspecified atom stereocenters. The van der Waals surface area contributed by atoms with Gasteiger partial charge in [-0.3, -0.25) is 9.59 Å². The van der Waals surface area contributed by atoms with Crippen molar-refractivity contribution >= 4 is 11.8 Å². The smallest absolute Gasteiger partial charge is 0.238 e. The predicted molar refractivity (Wildman–Crippen MR) is 96.7 cm³/mol. The number of hydrogen-bond donors (Lipinski definition) is 0. The summed E-state index contributed by atoms with van der Waals surface area (Å²) in [5.74, 6) is 1.40. The molecule has 1 aliphatic heterocycles. The third-order valence-electron chi connectivity index (χ3n) is 4.52.